The Kier molecular flexibility index (Phi) is 9.31. The molecule has 0 radical (unpaired) electrons. The third kappa shape index (κ3) is 7.60. The van der Waals surface area contributed by atoms with Crippen molar-refractivity contribution in [3.63, 3.8) is 0 Å². The summed E-state index contributed by atoms with van der Waals surface area (Å²) < 4.78 is 21.4. The quantitative estimate of drug-likeness (QED) is 0.274. The van der Waals surface area contributed by atoms with Crippen LogP contribution in [0.4, 0.5) is 5.69 Å². The van der Waals surface area contributed by atoms with E-state index in [0.29, 0.717) is 44.3 Å². The minimum Gasteiger partial charge on any atom is -0.460 e. The molecule has 0 saturated carbocycles. The fourth-order valence-electron chi connectivity index (χ4n) is 1.44. The second kappa shape index (κ2) is 10.8. The lowest BCUT2D eigenvalue weighted by Gasteiger charge is -2.08. The van der Waals surface area contributed by atoms with E-state index in [1.807, 2.05) is 6.07 Å². The summed E-state index contributed by atoms with van der Waals surface area (Å²) in [6.45, 7) is 2.55. The third-order valence-corrected chi connectivity index (χ3v) is 3.17. The third-order valence-electron chi connectivity index (χ3n) is 2.50. The number of ether oxygens (including phenoxy) is 4. The van der Waals surface area contributed by atoms with Crippen molar-refractivity contribution in [1.82, 2.24) is 0 Å². The van der Waals surface area contributed by atoms with Gasteiger partial charge in [-0.05, 0) is 40.8 Å². The SMILES string of the molecule is COCCOCCOCCOC(=O)c1cc(I)ccc1N. The first-order valence-electron chi connectivity index (χ1n) is 6.51. The molecule has 1 aromatic rings. The Bertz CT molecular complexity index is 441. The van der Waals surface area contributed by atoms with Gasteiger partial charge in [-0.2, -0.15) is 0 Å². The monoisotopic (exact) mass is 409 g/mol. The van der Waals surface area contributed by atoms with Crippen LogP contribution in [0.2, 0.25) is 0 Å². The van der Waals surface area contributed by atoms with Crippen LogP contribution in [0.25, 0.3) is 0 Å². The summed E-state index contributed by atoms with van der Waals surface area (Å²) in [5, 5.41) is 0. The van der Waals surface area contributed by atoms with Crippen LogP contribution in [-0.2, 0) is 18.9 Å². The number of halogens is 1. The number of hydrogen-bond acceptors (Lipinski definition) is 6. The Morgan fingerprint density at radius 2 is 1.71 bits per heavy atom. The Morgan fingerprint density at radius 1 is 1.10 bits per heavy atom. The first kappa shape index (κ1) is 18.1. The van der Waals surface area contributed by atoms with E-state index in [1.165, 1.54) is 0 Å². The number of esters is 1. The van der Waals surface area contributed by atoms with Gasteiger partial charge in [0.15, 0.2) is 0 Å². The summed E-state index contributed by atoms with van der Waals surface area (Å²) in [6, 6.07) is 5.22. The molecule has 0 aliphatic rings. The average molecular weight is 409 g/mol. The van der Waals surface area contributed by atoms with Gasteiger partial charge >= 0.3 is 5.97 Å². The van der Waals surface area contributed by atoms with E-state index in [4.69, 9.17) is 24.7 Å². The van der Waals surface area contributed by atoms with Gasteiger partial charge in [0.1, 0.15) is 6.61 Å². The summed E-state index contributed by atoms with van der Waals surface area (Å²) in [7, 11) is 1.62. The van der Waals surface area contributed by atoms with E-state index in [9.17, 15) is 4.79 Å². The summed E-state index contributed by atoms with van der Waals surface area (Å²) >= 11 is 2.11. The van der Waals surface area contributed by atoms with Crippen LogP contribution in [0, 0.1) is 3.57 Å². The summed E-state index contributed by atoms with van der Waals surface area (Å²) in [6.07, 6.45) is 0. The molecule has 2 N–H and O–H groups in total. The van der Waals surface area contributed by atoms with Crippen molar-refractivity contribution in [2.75, 3.05) is 52.5 Å². The lowest BCUT2D eigenvalue weighted by molar-refractivity contribution is 0.00574. The normalized spacial score (nSPS) is 10.6. The molecule has 1 aromatic carbocycles. The molecule has 0 aliphatic carbocycles. The number of methoxy groups -OCH3 is 1. The van der Waals surface area contributed by atoms with Crippen LogP contribution in [0.1, 0.15) is 10.4 Å². The van der Waals surface area contributed by atoms with Gasteiger partial charge in [-0.25, -0.2) is 4.79 Å². The molecular formula is C14H20INO5. The molecule has 0 unspecified atom stereocenters. The number of hydrogen-bond donors (Lipinski definition) is 1. The molecule has 0 spiro atoms. The molecule has 0 aromatic heterocycles. The van der Waals surface area contributed by atoms with Crippen molar-refractivity contribution in [1.29, 1.82) is 0 Å². The predicted octanol–water partition coefficient (Wildman–Crippen LogP) is 1.71. The lowest BCUT2D eigenvalue weighted by Crippen LogP contribution is -2.14. The van der Waals surface area contributed by atoms with Gasteiger partial charge in [-0.15, -0.1) is 0 Å². The molecule has 0 fully saturated rings. The largest absolute Gasteiger partial charge is 0.460 e. The molecule has 0 amide bonds. The molecule has 1 rings (SSSR count). The van der Waals surface area contributed by atoms with Crippen molar-refractivity contribution < 1.29 is 23.7 Å². The predicted molar refractivity (Wildman–Crippen MR) is 87.4 cm³/mol. The van der Waals surface area contributed by atoms with Crippen molar-refractivity contribution in [3.05, 3.63) is 27.3 Å². The van der Waals surface area contributed by atoms with Crippen molar-refractivity contribution in [2.45, 2.75) is 0 Å². The first-order chi connectivity index (χ1) is 10.1. The smallest absolute Gasteiger partial charge is 0.340 e. The standard InChI is InChI=1S/C14H20INO5/c1-18-4-5-19-6-7-20-8-9-21-14(17)12-10-11(15)2-3-13(12)16/h2-3,10H,4-9,16H2,1H3. The van der Waals surface area contributed by atoms with Gasteiger partial charge < -0.3 is 24.7 Å². The van der Waals surface area contributed by atoms with Crippen LogP contribution in [0.15, 0.2) is 18.2 Å². The number of rotatable bonds is 10. The molecular weight excluding hydrogens is 389 g/mol. The highest BCUT2D eigenvalue weighted by Crippen LogP contribution is 2.16. The van der Waals surface area contributed by atoms with Gasteiger partial charge in [0.05, 0.1) is 38.6 Å². The minimum atomic E-state index is -0.439. The maximum absolute atomic E-state index is 11.8. The molecule has 0 saturated heterocycles. The second-order valence-electron chi connectivity index (χ2n) is 4.09. The van der Waals surface area contributed by atoms with Crippen LogP contribution < -0.4 is 5.73 Å². The van der Waals surface area contributed by atoms with Crippen LogP contribution in [0.3, 0.4) is 0 Å². The van der Waals surface area contributed by atoms with Crippen LogP contribution >= 0.6 is 22.6 Å². The molecule has 0 atom stereocenters. The Morgan fingerprint density at radius 3 is 2.38 bits per heavy atom. The van der Waals surface area contributed by atoms with Gasteiger partial charge in [-0.1, -0.05) is 0 Å². The molecule has 6 nitrogen and oxygen atoms in total. The Labute approximate surface area is 138 Å². The molecule has 118 valence electrons. The van der Waals surface area contributed by atoms with E-state index in [0.717, 1.165) is 3.57 Å². The molecule has 0 bridgehead atoms. The number of anilines is 1. The molecule has 21 heavy (non-hydrogen) atoms. The fraction of sp³-hybridized carbons (Fsp3) is 0.500. The topological polar surface area (TPSA) is 80.0 Å². The summed E-state index contributed by atoms with van der Waals surface area (Å²) in [4.78, 5) is 11.8. The zero-order chi connectivity index (χ0) is 15.5. The highest BCUT2D eigenvalue weighted by atomic mass is 127. The number of nitrogens with two attached hydrogens (primary N) is 1. The number of carbonyl (C=O) groups excluding carboxylic acids is 1. The van der Waals surface area contributed by atoms with Crippen molar-refractivity contribution in [2.24, 2.45) is 0 Å². The van der Waals surface area contributed by atoms with E-state index in [2.05, 4.69) is 22.6 Å². The van der Waals surface area contributed by atoms with Gasteiger partial charge in [-0.3, -0.25) is 0 Å². The molecule has 0 heterocycles. The van der Waals surface area contributed by atoms with Gasteiger partial charge in [0, 0.05) is 16.4 Å². The Balaban J connectivity index is 2.12. The van der Waals surface area contributed by atoms with Crippen LogP contribution in [0.5, 0.6) is 0 Å². The molecule has 0 aliphatic heterocycles. The van der Waals surface area contributed by atoms with E-state index in [1.54, 1.807) is 19.2 Å². The van der Waals surface area contributed by atoms with Gasteiger partial charge in [0.25, 0.3) is 0 Å². The highest BCUT2D eigenvalue weighted by molar-refractivity contribution is 14.1. The average Bonchev–Trinajstić information content (AvgIpc) is 2.48. The van der Waals surface area contributed by atoms with E-state index >= 15 is 0 Å². The number of nitrogen functional groups attached to an aromatic ring is 1. The number of carbonyl (C=O) groups is 1. The maximum atomic E-state index is 11.8. The fourth-order valence-corrected chi connectivity index (χ4v) is 1.93. The zero-order valence-electron chi connectivity index (χ0n) is 12.0. The highest BCUT2D eigenvalue weighted by Gasteiger charge is 2.11. The zero-order valence-corrected chi connectivity index (χ0v) is 14.1. The lowest BCUT2D eigenvalue weighted by atomic mass is 10.2. The second-order valence-corrected chi connectivity index (χ2v) is 5.33. The number of benzene rings is 1. The van der Waals surface area contributed by atoms with Crippen molar-refractivity contribution >= 4 is 34.2 Å². The van der Waals surface area contributed by atoms with Crippen LogP contribution in [-0.4, -0.2) is 52.7 Å². The summed E-state index contributed by atoms with van der Waals surface area (Å²) in [5.74, 6) is -0.439. The molecule has 7 heteroatoms. The van der Waals surface area contributed by atoms with Gasteiger partial charge in [0.2, 0.25) is 0 Å². The van der Waals surface area contributed by atoms with E-state index < -0.39 is 5.97 Å². The van der Waals surface area contributed by atoms with Crippen molar-refractivity contribution in [3.8, 4) is 0 Å². The maximum Gasteiger partial charge on any atom is 0.340 e. The Hall–Kier alpha value is -0.900. The summed E-state index contributed by atoms with van der Waals surface area (Å²) in [5.41, 5.74) is 6.53. The first-order valence-corrected chi connectivity index (χ1v) is 7.59. The van der Waals surface area contributed by atoms with E-state index in [-0.39, 0.29) is 6.61 Å². The minimum absolute atomic E-state index is 0.182.